The highest BCUT2D eigenvalue weighted by molar-refractivity contribution is 5.76. The molecule has 1 atom stereocenters. The molecule has 0 saturated carbocycles. The second-order valence-corrected chi connectivity index (χ2v) is 4.93. The molecule has 0 fully saturated rings. The number of carbonyl (C=O) groups excluding carboxylic acids is 1. The molecule has 0 aliphatic carbocycles. The second kappa shape index (κ2) is 8.79. The van der Waals surface area contributed by atoms with Crippen LogP contribution in [0.2, 0.25) is 0 Å². The van der Waals surface area contributed by atoms with E-state index in [2.05, 4.69) is 6.58 Å². The summed E-state index contributed by atoms with van der Waals surface area (Å²) in [5.41, 5.74) is 1.15. The van der Waals surface area contributed by atoms with Crippen LogP contribution in [-0.2, 0) is 16.0 Å². The summed E-state index contributed by atoms with van der Waals surface area (Å²) < 4.78 is 4.91. The van der Waals surface area contributed by atoms with Gasteiger partial charge in [-0.1, -0.05) is 49.9 Å². The predicted molar refractivity (Wildman–Crippen MR) is 80.1 cm³/mol. The van der Waals surface area contributed by atoms with Crippen molar-refractivity contribution in [3.05, 3.63) is 48.6 Å². The van der Waals surface area contributed by atoms with Crippen LogP contribution in [0, 0.1) is 5.92 Å². The van der Waals surface area contributed by atoms with E-state index in [9.17, 15) is 9.59 Å². The summed E-state index contributed by atoms with van der Waals surface area (Å²) in [6.45, 7) is 5.47. The standard InChI is InChI=1S/C16H21NO4/c1-3-9-21-16(20)17(12-15(18)19)11-13(2)10-14-7-5-4-6-8-14/h3-8,13H,1,9-12H2,2H3,(H,18,19)/t13-/m0/s1. The Morgan fingerprint density at radius 1 is 1.38 bits per heavy atom. The van der Waals surface area contributed by atoms with Gasteiger partial charge in [-0.15, -0.1) is 0 Å². The predicted octanol–water partition coefficient (Wildman–Crippen LogP) is 2.57. The molecule has 0 unspecified atom stereocenters. The normalized spacial score (nSPS) is 11.5. The largest absolute Gasteiger partial charge is 0.480 e. The van der Waals surface area contributed by atoms with Crippen molar-refractivity contribution in [1.82, 2.24) is 4.90 Å². The number of rotatable bonds is 8. The summed E-state index contributed by atoms with van der Waals surface area (Å²) in [5.74, 6) is -0.930. The molecule has 0 aliphatic rings. The van der Waals surface area contributed by atoms with E-state index in [-0.39, 0.29) is 19.1 Å². The lowest BCUT2D eigenvalue weighted by molar-refractivity contribution is -0.138. The van der Waals surface area contributed by atoms with Crippen molar-refractivity contribution in [3.8, 4) is 0 Å². The van der Waals surface area contributed by atoms with Gasteiger partial charge >= 0.3 is 12.1 Å². The Bertz CT molecular complexity index is 472. The zero-order valence-corrected chi connectivity index (χ0v) is 12.2. The first-order chi connectivity index (χ1) is 10.0. The number of hydrogen-bond donors (Lipinski definition) is 1. The summed E-state index contributed by atoms with van der Waals surface area (Å²) in [4.78, 5) is 23.9. The quantitative estimate of drug-likeness (QED) is 0.748. The molecule has 0 heterocycles. The second-order valence-electron chi connectivity index (χ2n) is 4.93. The van der Waals surface area contributed by atoms with Crippen molar-refractivity contribution in [3.63, 3.8) is 0 Å². The van der Waals surface area contributed by atoms with E-state index < -0.39 is 12.1 Å². The van der Waals surface area contributed by atoms with Gasteiger partial charge in [0.25, 0.3) is 0 Å². The lowest BCUT2D eigenvalue weighted by Gasteiger charge is -2.23. The van der Waals surface area contributed by atoms with Crippen LogP contribution in [-0.4, -0.2) is 41.8 Å². The van der Waals surface area contributed by atoms with Gasteiger partial charge < -0.3 is 9.84 Å². The smallest absolute Gasteiger partial charge is 0.410 e. The maximum absolute atomic E-state index is 11.8. The highest BCUT2D eigenvalue weighted by Crippen LogP contribution is 2.10. The molecule has 0 saturated heterocycles. The maximum Gasteiger partial charge on any atom is 0.410 e. The van der Waals surface area contributed by atoms with Gasteiger partial charge in [0, 0.05) is 6.54 Å². The number of amides is 1. The summed E-state index contributed by atoms with van der Waals surface area (Å²) >= 11 is 0. The molecule has 0 aromatic heterocycles. The number of aliphatic carboxylic acids is 1. The highest BCUT2D eigenvalue weighted by Gasteiger charge is 2.20. The van der Waals surface area contributed by atoms with Crippen LogP contribution in [0.4, 0.5) is 4.79 Å². The average Bonchev–Trinajstić information content (AvgIpc) is 2.44. The van der Waals surface area contributed by atoms with E-state index in [4.69, 9.17) is 9.84 Å². The van der Waals surface area contributed by atoms with E-state index in [1.165, 1.54) is 11.0 Å². The minimum atomic E-state index is -1.06. The number of carbonyl (C=O) groups is 2. The molecule has 0 spiro atoms. The minimum Gasteiger partial charge on any atom is -0.480 e. The van der Waals surface area contributed by atoms with Crippen molar-refractivity contribution >= 4 is 12.1 Å². The fraction of sp³-hybridized carbons (Fsp3) is 0.375. The molecular weight excluding hydrogens is 270 g/mol. The number of carboxylic acids is 1. The van der Waals surface area contributed by atoms with Gasteiger partial charge in [0.15, 0.2) is 0 Å². The maximum atomic E-state index is 11.8. The van der Waals surface area contributed by atoms with Gasteiger partial charge in [0.2, 0.25) is 0 Å². The van der Waals surface area contributed by atoms with Crippen molar-refractivity contribution in [2.75, 3.05) is 19.7 Å². The van der Waals surface area contributed by atoms with E-state index in [0.717, 1.165) is 12.0 Å². The van der Waals surface area contributed by atoms with Crippen molar-refractivity contribution in [1.29, 1.82) is 0 Å². The van der Waals surface area contributed by atoms with Crippen LogP contribution in [0.15, 0.2) is 43.0 Å². The Kier molecular flexibility index (Phi) is 7.01. The van der Waals surface area contributed by atoms with Gasteiger partial charge in [-0.25, -0.2) is 4.79 Å². The Morgan fingerprint density at radius 2 is 2.05 bits per heavy atom. The highest BCUT2D eigenvalue weighted by atomic mass is 16.6. The zero-order valence-electron chi connectivity index (χ0n) is 12.2. The van der Waals surface area contributed by atoms with Crippen molar-refractivity contribution < 1.29 is 19.4 Å². The van der Waals surface area contributed by atoms with Gasteiger partial charge in [-0.05, 0) is 17.9 Å². The van der Waals surface area contributed by atoms with E-state index in [1.807, 2.05) is 37.3 Å². The van der Waals surface area contributed by atoms with Crippen LogP contribution < -0.4 is 0 Å². The number of carboxylic acid groups (broad SMARTS) is 1. The first-order valence-electron chi connectivity index (χ1n) is 6.81. The van der Waals surface area contributed by atoms with Gasteiger partial charge in [-0.3, -0.25) is 9.69 Å². The monoisotopic (exact) mass is 291 g/mol. The molecule has 1 aromatic rings. The van der Waals surface area contributed by atoms with Crippen molar-refractivity contribution in [2.45, 2.75) is 13.3 Å². The number of hydrogen-bond acceptors (Lipinski definition) is 3. The number of ether oxygens (including phenoxy) is 1. The topological polar surface area (TPSA) is 66.8 Å². The lowest BCUT2D eigenvalue weighted by Crippen LogP contribution is -2.39. The minimum absolute atomic E-state index is 0.0714. The van der Waals surface area contributed by atoms with Gasteiger partial charge in [-0.2, -0.15) is 0 Å². The lowest BCUT2D eigenvalue weighted by atomic mass is 10.0. The molecule has 1 rings (SSSR count). The fourth-order valence-electron chi connectivity index (χ4n) is 2.05. The summed E-state index contributed by atoms with van der Waals surface area (Å²) in [6.07, 6.45) is 1.59. The molecule has 114 valence electrons. The SMILES string of the molecule is C=CCOC(=O)N(CC(=O)O)C[C@@H](C)Cc1ccccc1. The molecular formula is C16H21NO4. The molecule has 0 bridgehead atoms. The Hall–Kier alpha value is -2.30. The van der Waals surface area contributed by atoms with Crippen LogP contribution in [0.5, 0.6) is 0 Å². The zero-order chi connectivity index (χ0) is 15.7. The Balaban J connectivity index is 2.60. The molecule has 5 heteroatoms. The first kappa shape index (κ1) is 16.8. The van der Waals surface area contributed by atoms with E-state index >= 15 is 0 Å². The third-order valence-corrected chi connectivity index (χ3v) is 2.87. The van der Waals surface area contributed by atoms with E-state index in [1.54, 1.807) is 0 Å². The average molecular weight is 291 g/mol. The molecule has 1 N–H and O–H groups in total. The molecule has 5 nitrogen and oxygen atoms in total. The first-order valence-corrected chi connectivity index (χ1v) is 6.81. The molecule has 1 amide bonds. The molecule has 0 radical (unpaired) electrons. The van der Waals surface area contributed by atoms with Crippen LogP contribution in [0.25, 0.3) is 0 Å². The third kappa shape index (κ3) is 6.61. The van der Waals surface area contributed by atoms with Crippen LogP contribution >= 0.6 is 0 Å². The van der Waals surface area contributed by atoms with Crippen molar-refractivity contribution in [2.24, 2.45) is 5.92 Å². The van der Waals surface area contributed by atoms with Gasteiger partial charge in [0.1, 0.15) is 13.2 Å². The summed E-state index contributed by atoms with van der Waals surface area (Å²) in [7, 11) is 0. The van der Waals surface area contributed by atoms with Gasteiger partial charge in [0.05, 0.1) is 0 Å². The summed E-state index contributed by atoms with van der Waals surface area (Å²) in [5, 5.41) is 8.89. The Morgan fingerprint density at radius 3 is 2.62 bits per heavy atom. The molecule has 1 aromatic carbocycles. The molecule has 0 aliphatic heterocycles. The third-order valence-electron chi connectivity index (χ3n) is 2.87. The van der Waals surface area contributed by atoms with Crippen LogP contribution in [0.1, 0.15) is 12.5 Å². The fourth-order valence-corrected chi connectivity index (χ4v) is 2.05. The van der Waals surface area contributed by atoms with Crippen LogP contribution in [0.3, 0.4) is 0 Å². The molecule has 21 heavy (non-hydrogen) atoms. The summed E-state index contributed by atoms with van der Waals surface area (Å²) in [6, 6.07) is 9.87. The Labute approximate surface area is 124 Å². The number of benzene rings is 1. The number of nitrogens with zero attached hydrogens (tertiary/aromatic N) is 1. The van der Waals surface area contributed by atoms with E-state index in [0.29, 0.717) is 6.54 Å².